The smallest absolute Gasteiger partial charge is 0.326 e. The maximum atomic E-state index is 11.3. The molecule has 0 rings (SSSR count). The van der Waals surface area contributed by atoms with E-state index >= 15 is 0 Å². The molecule has 1 amide bonds. The predicted octanol–water partition coefficient (Wildman–Crippen LogP) is 0.344. The van der Waals surface area contributed by atoms with Crippen molar-refractivity contribution in [1.29, 1.82) is 0 Å². The first kappa shape index (κ1) is 12.9. The van der Waals surface area contributed by atoms with Crippen molar-refractivity contribution in [1.82, 2.24) is 4.90 Å². The van der Waals surface area contributed by atoms with Crippen LogP contribution in [0.25, 0.3) is 0 Å². The third-order valence-corrected chi connectivity index (χ3v) is 1.91. The van der Waals surface area contributed by atoms with Crippen LogP contribution in [0.4, 0.5) is 0 Å². The normalized spacial score (nSPS) is 12.2. The average molecular weight is 203 g/mol. The van der Waals surface area contributed by atoms with Crippen LogP contribution < -0.4 is 0 Å². The van der Waals surface area contributed by atoms with Gasteiger partial charge in [-0.1, -0.05) is 6.92 Å². The van der Waals surface area contributed by atoms with E-state index in [9.17, 15) is 9.59 Å². The summed E-state index contributed by atoms with van der Waals surface area (Å²) in [7, 11) is 1.45. The quantitative estimate of drug-likeness (QED) is 0.632. The lowest BCUT2D eigenvalue weighted by atomic mass is 10.3. The van der Waals surface area contributed by atoms with Gasteiger partial charge in [0, 0.05) is 13.7 Å². The highest BCUT2D eigenvalue weighted by Gasteiger charge is 2.21. The molecule has 0 saturated carbocycles. The molecule has 1 unspecified atom stereocenters. The molecule has 14 heavy (non-hydrogen) atoms. The Balaban J connectivity index is 3.92. The Morgan fingerprint density at radius 2 is 2.07 bits per heavy atom. The molecule has 0 aromatic carbocycles. The van der Waals surface area contributed by atoms with Crippen molar-refractivity contribution in [2.75, 3.05) is 20.3 Å². The molecule has 0 heterocycles. The summed E-state index contributed by atoms with van der Waals surface area (Å²) >= 11 is 0. The molecule has 0 aliphatic rings. The molecular weight excluding hydrogens is 186 g/mol. The minimum Gasteiger partial charge on any atom is -0.480 e. The second-order valence-corrected chi connectivity index (χ2v) is 3.07. The molecule has 1 N–H and O–H groups in total. The summed E-state index contributed by atoms with van der Waals surface area (Å²) in [5.41, 5.74) is 0. The zero-order valence-corrected chi connectivity index (χ0v) is 8.82. The van der Waals surface area contributed by atoms with Crippen LogP contribution in [0, 0.1) is 0 Å². The fraction of sp³-hybridized carbons (Fsp3) is 0.778. The van der Waals surface area contributed by atoms with E-state index in [2.05, 4.69) is 0 Å². The fourth-order valence-electron chi connectivity index (χ4n) is 0.787. The van der Waals surface area contributed by atoms with Crippen LogP contribution in [0.3, 0.4) is 0 Å². The number of aliphatic carboxylic acids is 1. The van der Waals surface area contributed by atoms with Gasteiger partial charge >= 0.3 is 5.97 Å². The van der Waals surface area contributed by atoms with Crippen molar-refractivity contribution in [3.05, 3.63) is 0 Å². The Morgan fingerprint density at radius 3 is 2.50 bits per heavy atom. The third-order valence-electron chi connectivity index (χ3n) is 1.91. The SMILES string of the molecule is CCCOCC(=O)N(C)C(C)C(=O)O. The number of carboxylic acids is 1. The highest BCUT2D eigenvalue weighted by molar-refractivity contribution is 5.83. The summed E-state index contributed by atoms with van der Waals surface area (Å²) in [6.07, 6.45) is 0.839. The van der Waals surface area contributed by atoms with E-state index in [4.69, 9.17) is 9.84 Å². The number of carbonyl (C=O) groups is 2. The summed E-state index contributed by atoms with van der Waals surface area (Å²) in [6, 6.07) is -0.812. The van der Waals surface area contributed by atoms with Gasteiger partial charge in [-0.2, -0.15) is 0 Å². The maximum Gasteiger partial charge on any atom is 0.326 e. The van der Waals surface area contributed by atoms with Crippen LogP contribution >= 0.6 is 0 Å². The minimum atomic E-state index is -1.02. The summed E-state index contributed by atoms with van der Waals surface area (Å²) in [5, 5.41) is 8.64. The summed E-state index contributed by atoms with van der Waals surface area (Å²) in [4.78, 5) is 23.0. The molecule has 0 aliphatic carbocycles. The first-order valence-corrected chi connectivity index (χ1v) is 4.56. The van der Waals surface area contributed by atoms with Crippen molar-refractivity contribution < 1.29 is 19.4 Å². The van der Waals surface area contributed by atoms with Crippen molar-refractivity contribution in [3.63, 3.8) is 0 Å². The van der Waals surface area contributed by atoms with Crippen molar-refractivity contribution in [2.45, 2.75) is 26.3 Å². The van der Waals surface area contributed by atoms with Gasteiger partial charge in [0.15, 0.2) is 0 Å². The number of hydrogen-bond acceptors (Lipinski definition) is 3. The molecule has 0 aliphatic heterocycles. The van der Waals surface area contributed by atoms with Gasteiger partial charge in [0.2, 0.25) is 5.91 Å². The molecular formula is C9H17NO4. The Kier molecular flexibility index (Phi) is 5.87. The Hall–Kier alpha value is -1.10. The van der Waals surface area contributed by atoms with E-state index in [1.54, 1.807) is 0 Å². The van der Waals surface area contributed by atoms with Gasteiger partial charge in [0.25, 0.3) is 0 Å². The monoisotopic (exact) mass is 203 g/mol. The number of carboxylic acid groups (broad SMARTS) is 1. The molecule has 5 heteroatoms. The van der Waals surface area contributed by atoms with Gasteiger partial charge in [0.1, 0.15) is 12.6 Å². The highest BCUT2D eigenvalue weighted by atomic mass is 16.5. The molecule has 0 aromatic rings. The van der Waals surface area contributed by atoms with Gasteiger partial charge in [-0.15, -0.1) is 0 Å². The molecule has 0 fully saturated rings. The molecule has 0 spiro atoms. The average Bonchev–Trinajstić information content (AvgIpc) is 2.15. The van der Waals surface area contributed by atoms with Crippen molar-refractivity contribution in [3.8, 4) is 0 Å². The van der Waals surface area contributed by atoms with E-state index in [1.165, 1.54) is 14.0 Å². The topological polar surface area (TPSA) is 66.8 Å². The summed E-state index contributed by atoms with van der Waals surface area (Å²) < 4.78 is 5.01. The van der Waals surface area contributed by atoms with Crippen LogP contribution in [0.5, 0.6) is 0 Å². The van der Waals surface area contributed by atoms with Crippen LogP contribution in [0.2, 0.25) is 0 Å². The molecule has 5 nitrogen and oxygen atoms in total. The maximum absolute atomic E-state index is 11.3. The number of rotatable bonds is 6. The van der Waals surface area contributed by atoms with Gasteiger partial charge in [-0.05, 0) is 13.3 Å². The number of ether oxygens (including phenoxy) is 1. The second-order valence-electron chi connectivity index (χ2n) is 3.07. The lowest BCUT2D eigenvalue weighted by Crippen LogP contribution is -2.42. The van der Waals surface area contributed by atoms with Crippen LogP contribution in [-0.2, 0) is 14.3 Å². The van der Waals surface area contributed by atoms with Crippen LogP contribution in [-0.4, -0.2) is 48.2 Å². The number of nitrogens with zero attached hydrogens (tertiary/aromatic N) is 1. The number of amides is 1. The van der Waals surface area contributed by atoms with Crippen LogP contribution in [0.15, 0.2) is 0 Å². The van der Waals surface area contributed by atoms with E-state index in [-0.39, 0.29) is 12.5 Å². The standard InChI is InChI=1S/C9H17NO4/c1-4-5-14-6-8(11)10(3)7(2)9(12)13/h7H,4-6H2,1-3H3,(H,12,13). The van der Waals surface area contributed by atoms with E-state index in [0.717, 1.165) is 11.3 Å². The molecule has 0 aromatic heterocycles. The summed E-state index contributed by atoms with van der Waals surface area (Å²) in [6.45, 7) is 3.86. The van der Waals surface area contributed by atoms with Crippen LogP contribution in [0.1, 0.15) is 20.3 Å². The van der Waals surface area contributed by atoms with Gasteiger partial charge in [-0.3, -0.25) is 4.79 Å². The Bertz CT molecular complexity index is 205. The Morgan fingerprint density at radius 1 is 1.50 bits per heavy atom. The largest absolute Gasteiger partial charge is 0.480 e. The highest BCUT2D eigenvalue weighted by Crippen LogP contribution is 1.97. The number of hydrogen-bond donors (Lipinski definition) is 1. The molecule has 0 radical (unpaired) electrons. The molecule has 0 saturated heterocycles. The van der Waals surface area contributed by atoms with E-state index in [1.807, 2.05) is 6.92 Å². The fourth-order valence-corrected chi connectivity index (χ4v) is 0.787. The molecule has 0 bridgehead atoms. The predicted molar refractivity (Wildman–Crippen MR) is 51.0 cm³/mol. The van der Waals surface area contributed by atoms with Gasteiger partial charge in [-0.25, -0.2) is 4.79 Å². The van der Waals surface area contributed by atoms with Gasteiger partial charge in [0.05, 0.1) is 0 Å². The van der Waals surface area contributed by atoms with Crippen molar-refractivity contribution >= 4 is 11.9 Å². The van der Waals surface area contributed by atoms with E-state index in [0.29, 0.717) is 6.61 Å². The lowest BCUT2D eigenvalue weighted by Gasteiger charge is -2.21. The molecule has 82 valence electrons. The minimum absolute atomic E-state index is 0.0536. The van der Waals surface area contributed by atoms with Gasteiger partial charge < -0.3 is 14.7 Å². The summed E-state index contributed by atoms with van der Waals surface area (Å²) in [5.74, 6) is -1.33. The van der Waals surface area contributed by atoms with Crippen molar-refractivity contribution in [2.24, 2.45) is 0 Å². The zero-order chi connectivity index (χ0) is 11.1. The third kappa shape index (κ3) is 4.23. The first-order chi connectivity index (χ1) is 6.50. The molecule has 1 atom stereocenters. The number of carbonyl (C=O) groups excluding carboxylic acids is 1. The first-order valence-electron chi connectivity index (χ1n) is 4.56. The zero-order valence-electron chi connectivity index (χ0n) is 8.82. The lowest BCUT2D eigenvalue weighted by molar-refractivity contribution is -0.150. The Labute approximate surface area is 83.6 Å². The number of likely N-dealkylation sites (N-methyl/N-ethyl adjacent to an activating group) is 1. The van der Waals surface area contributed by atoms with E-state index < -0.39 is 12.0 Å². The second kappa shape index (κ2) is 6.37.